The number of hydrogen-bond acceptors (Lipinski definition) is 4. The molecule has 0 radical (unpaired) electrons. The molecule has 1 heterocycles. The average Bonchev–Trinajstić information content (AvgIpc) is 2.88. The first kappa shape index (κ1) is 14.6. The summed E-state index contributed by atoms with van der Waals surface area (Å²) >= 11 is 0. The third kappa shape index (κ3) is 3.20. The van der Waals surface area contributed by atoms with Gasteiger partial charge in [-0.2, -0.15) is 0 Å². The van der Waals surface area contributed by atoms with Gasteiger partial charge in [-0.15, -0.1) is 5.10 Å². The highest BCUT2D eigenvalue weighted by Crippen LogP contribution is 2.19. The van der Waals surface area contributed by atoms with Gasteiger partial charge in [0.15, 0.2) is 0 Å². The number of ether oxygens (including phenoxy) is 2. The third-order valence-corrected chi connectivity index (χ3v) is 2.74. The van der Waals surface area contributed by atoms with Crippen molar-refractivity contribution in [2.24, 2.45) is 0 Å². The predicted molar refractivity (Wildman–Crippen MR) is 72.0 cm³/mol. The number of aryl methyl sites for hydroxylation is 1. The Labute approximate surface area is 117 Å². The van der Waals surface area contributed by atoms with E-state index in [-0.39, 0.29) is 5.82 Å². The van der Waals surface area contributed by atoms with Gasteiger partial charge in [0.2, 0.25) is 6.29 Å². The van der Waals surface area contributed by atoms with Crippen LogP contribution in [0.3, 0.4) is 0 Å². The highest BCUT2D eigenvalue weighted by molar-refractivity contribution is 5.35. The zero-order valence-corrected chi connectivity index (χ0v) is 11.8. The van der Waals surface area contributed by atoms with Gasteiger partial charge in [0.1, 0.15) is 17.2 Å². The first-order chi connectivity index (χ1) is 9.65. The molecule has 0 N–H and O–H groups in total. The Morgan fingerprint density at radius 2 is 1.95 bits per heavy atom. The quantitative estimate of drug-likeness (QED) is 0.763. The van der Waals surface area contributed by atoms with E-state index < -0.39 is 6.29 Å². The normalized spacial score (nSPS) is 11.2. The monoisotopic (exact) mass is 279 g/mol. The lowest BCUT2D eigenvalue weighted by Gasteiger charge is -2.13. The van der Waals surface area contributed by atoms with Gasteiger partial charge in [0, 0.05) is 13.2 Å². The van der Waals surface area contributed by atoms with E-state index in [1.807, 2.05) is 26.8 Å². The van der Waals surface area contributed by atoms with E-state index in [1.165, 1.54) is 10.7 Å². The van der Waals surface area contributed by atoms with Crippen LogP contribution in [0.1, 0.15) is 31.4 Å². The molecule has 2 rings (SSSR count). The zero-order valence-electron chi connectivity index (χ0n) is 11.8. The van der Waals surface area contributed by atoms with Gasteiger partial charge in [-0.25, -0.2) is 9.07 Å². The first-order valence-electron chi connectivity index (χ1n) is 6.57. The summed E-state index contributed by atoms with van der Waals surface area (Å²) in [5.74, 6) is -0.342. The van der Waals surface area contributed by atoms with Crippen LogP contribution >= 0.6 is 0 Å². The van der Waals surface area contributed by atoms with Crippen molar-refractivity contribution in [2.75, 3.05) is 13.2 Å². The van der Waals surface area contributed by atoms with E-state index in [0.29, 0.717) is 24.6 Å². The molecule has 0 amide bonds. The zero-order chi connectivity index (χ0) is 14.5. The lowest BCUT2D eigenvalue weighted by atomic mass is 10.2. The maximum atomic E-state index is 13.9. The minimum Gasteiger partial charge on any atom is -0.347 e. The maximum Gasteiger partial charge on any atom is 0.204 e. The molecule has 0 fully saturated rings. The number of rotatable bonds is 6. The second-order valence-electron chi connectivity index (χ2n) is 4.29. The average molecular weight is 279 g/mol. The minimum absolute atomic E-state index is 0.342. The highest BCUT2D eigenvalue weighted by atomic mass is 19.1. The van der Waals surface area contributed by atoms with Gasteiger partial charge >= 0.3 is 0 Å². The molecule has 0 spiro atoms. The largest absolute Gasteiger partial charge is 0.347 e. The van der Waals surface area contributed by atoms with Crippen molar-refractivity contribution in [2.45, 2.75) is 27.1 Å². The Hall–Kier alpha value is -1.79. The van der Waals surface area contributed by atoms with Crippen molar-refractivity contribution in [1.82, 2.24) is 15.0 Å². The van der Waals surface area contributed by atoms with Gasteiger partial charge in [0.05, 0.1) is 6.20 Å². The fourth-order valence-electron chi connectivity index (χ4n) is 1.82. The fourth-order valence-corrected chi connectivity index (χ4v) is 1.82. The molecule has 6 heteroatoms. The van der Waals surface area contributed by atoms with Gasteiger partial charge in [-0.3, -0.25) is 0 Å². The molecular weight excluding hydrogens is 261 g/mol. The summed E-state index contributed by atoms with van der Waals surface area (Å²) in [7, 11) is 0. The highest BCUT2D eigenvalue weighted by Gasteiger charge is 2.17. The molecule has 0 aliphatic carbocycles. The van der Waals surface area contributed by atoms with Crippen LogP contribution in [0.15, 0.2) is 24.4 Å². The van der Waals surface area contributed by atoms with Crippen molar-refractivity contribution in [1.29, 1.82) is 0 Å². The van der Waals surface area contributed by atoms with E-state index in [9.17, 15) is 4.39 Å². The lowest BCUT2D eigenvalue weighted by Crippen LogP contribution is -2.09. The van der Waals surface area contributed by atoms with Crippen LogP contribution in [0.25, 0.3) is 5.69 Å². The molecule has 1 aromatic heterocycles. The molecule has 2 aromatic rings. The van der Waals surface area contributed by atoms with E-state index in [0.717, 1.165) is 5.56 Å². The number of hydrogen-bond donors (Lipinski definition) is 0. The molecule has 0 aliphatic heterocycles. The molecular formula is C14H18FN3O2. The Morgan fingerprint density at radius 1 is 1.25 bits per heavy atom. The second-order valence-corrected chi connectivity index (χ2v) is 4.29. The molecule has 0 saturated carbocycles. The third-order valence-electron chi connectivity index (χ3n) is 2.74. The molecule has 5 nitrogen and oxygen atoms in total. The van der Waals surface area contributed by atoms with Crippen molar-refractivity contribution < 1.29 is 13.9 Å². The van der Waals surface area contributed by atoms with E-state index in [4.69, 9.17) is 9.47 Å². The predicted octanol–water partition coefficient (Wildman–Crippen LogP) is 2.79. The van der Waals surface area contributed by atoms with Crippen LogP contribution in [-0.4, -0.2) is 28.2 Å². The van der Waals surface area contributed by atoms with Gasteiger partial charge < -0.3 is 9.47 Å². The molecule has 0 bridgehead atoms. The molecule has 0 saturated heterocycles. The topological polar surface area (TPSA) is 49.2 Å². The number of benzene rings is 1. The van der Waals surface area contributed by atoms with Crippen LogP contribution < -0.4 is 0 Å². The maximum absolute atomic E-state index is 13.9. The van der Waals surface area contributed by atoms with E-state index in [2.05, 4.69) is 10.3 Å². The second kappa shape index (κ2) is 6.58. The van der Waals surface area contributed by atoms with Crippen molar-refractivity contribution in [3.8, 4) is 5.69 Å². The van der Waals surface area contributed by atoms with E-state index >= 15 is 0 Å². The molecule has 0 unspecified atom stereocenters. The van der Waals surface area contributed by atoms with Crippen LogP contribution in [0.5, 0.6) is 0 Å². The van der Waals surface area contributed by atoms with Crippen LogP contribution in [0, 0.1) is 12.7 Å². The van der Waals surface area contributed by atoms with Crippen LogP contribution in [0.2, 0.25) is 0 Å². The molecule has 1 aromatic carbocycles. The minimum atomic E-state index is -0.577. The lowest BCUT2D eigenvalue weighted by molar-refractivity contribution is -0.142. The smallest absolute Gasteiger partial charge is 0.204 e. The Morgan fingerprint density at radius 3 is 2.55 bits per heavy atom. The molecule has 20 heavy (non-hydrogen) atoms. The van der Waals surface area contributed by atoms with Crippen molar-refractivity contribution in [3.05, 3.63) is 41.5 Å². The van der Waals surface area contributed by atoms with Gasteiger partial charge in [-0.05, 0) is 38.5 Å². The van der Waals surface area contributed by atoms with Crippen molar-refractivity contribution in [3.63, 3.8) is 0 Å². The van der Waals surface area contributed by atoms with Crippen LogP contribution in [-0.2, 0) is 9.47 Å². The molecule has 0 aliphatic rings. The van der Waals surface area contributed by atoms with Gasteiger partial charge in [0.25, 0.3) is 0 Å². The van der Waals surface area contributed by atoms with E-state index in [1.54, 1.807) is 12.3 Å². The fraction of sp³-hybridized carbons (Fsp3) is 0.429. The molecule has 0 atom stereocenters. The van der Waals surface area contributed by atoms with Crippen LogP contribution in [0.4, 0.5) is 4.39 Å². The summed E-state index contributed by atoms with van der Waals surface area (Å²) in [4.78, 5) is 0. The number of aromatic nitrogens is 3. The first-order valence-corrected chi connectivity index (χ1v) is 6.57. The summed E-state index contributed by atoms with van der Waals surface area (Å²) in [5, 5.41) is 7.92. The summed E-state index contributed by atoms with van der Waals surface area (Å²) in [5.41, 5.74) is 1.72. The Bertz CT molecular complexity index is 565. The van der Waals surface area contributed by atoms with Crippen molar-refractivity contribution >= 4 is 0 Å². The number of halogens is 1. The van der Waals surface area contributed by atoms with Gasteiger partial charge in [-0.1, -0.05) is 11.3 Å². The Kier molecular flexibility index (Phi) is 4.81. The number of nitrogens with zero attached hydrogens (tertiary/aromatic N) is 3. The summed E-state index contributed by atoms with van der Waals surface area (Å²) in [6.45, 7) is 6.57. The Balaban J connectivity index is 2.27. The molecule has 108 valence electrons. The summed E-state index contributed by atoms with van der Waals surface area (Å²) in [6, 6.07) is 4.95. The SMILES string of the molecule is CCOC(OCC)c1cn(-c2ccc(C)cc2F)nn1. The summed E-state index contributed by atoms with van der Waals surface area (Å²) in [6.07, 6.45) is 1.04. The summed E-state index contributed by atoms with van der Waals surface area (Å²) < 4.78 is 26.1. The standard InChI is InChI=1S/C14H18FN3O2/c1-4-19-14(20-5-2)12-9-18(17-16-12)13-7-6-10(3)8-11(13)15/h6-9,14H,4-5H2,1-3H3.